The number of hydrogen-bond acceptors (Lipinski definition) is 1. The van der Waals surface area contributed by atoms with Crippen molar-refractivity contribution in [1.82, 2.24) is 0 Å². The fourth-order valence-electron chi connectivity index (χ4n) is 1.70. The van der Waals surface area contributed by atoms with Crippen LogP contribution in [0.5, 0.6) is 5.75 Å². The fraction of sp³-hybridized carbons (Fsp3) is 0.143. The van der Waals surface area contributed by atoms with Crippen molar-refractivity contribution in [2.24, 2.45) is 0 Å². The average Bonchev–Trinajstić information content (AvgIpc) is 2.38. The Morgan fingerprint density at radius 3 is 2.56 bits per heavy atom. The van der Waals surface area contributed by atoms with Gasteiger partial charge in [0.25, 0.3) is 0 Å². The molecule has 0 saturated heterocycles. The molecule has 0 aliphatic rings. The summed E-state index contributed by atoms with van der Waals surface area (Å²) < 4.78 is 19.4. The van der Waals surface area contributed by atoms with Gasteiger partial charge in [0.05, 0.1) is 12.5 Å². The lowest BCUT2D eigenvalue weighted by Crippen LogP contribution is -1.96. The van der Waals surface area contributed by atoms with Crippen molar-refractivity contribution < 1.29 is 9.13 Å². The lowest BCUT2D eigenvalue weighted by Gasteiger charge is -2.13. The standard InChI is InChI=1S/C14H11BrClFO/c1-18-13-7-6-9(8-12(13)17)14(16)10-4-2-3-5-11(10)15/h2-8,14H,1H3. The van der Waals surface area contributed by atoms with E-state index >= 15 is 0 Å². The molecule has 0 aromatic heterocycles. The van der Waals surface area contributed by atoms with Gasteiger partial charge in [-0.25, -0.2) is 4.39 Å². The number of alkyl halides is 1. The van der Waals surface area contributed by atoms with E-state index in [4.69, 9.17) is 16.3 Å². The normalized spacial score (nSPS) is 12.2. The molecule has 18 heavy (non-hydrogen) atoms. The molecule has 0 heterocycles. The monoisotopic (exact) mass is 328 g/mol. The van der Waals surface area contributed by atoms with Gasteiger partial charge in [0, 0.05) is 4.47 Å². The van der Waals surface area contributed by atoms with Crippen LogP contribution in [0.3, 0.4) is 0 Å². The Balaban J connectivity index is 2.37. The van der Waals surface area contributed by atoms with E-state index in [1.165, 1.54) is 13.2 Å². The van der Waals surface area contributed by atoms with E-state index in [2.05, 4.69) is 15.9 Å². The lowest BCUT2D eigenvalue weighted by molar-refractivity contribution is 0.386. The van der Waals surface area contributed by atoms with E-state index in [9.17, 15) is 4.39 Å². The summed E-state index contributed by atoms with van der Waals surface area (Å²) in [5, 5.41) is -0.402. The molecular formula is C14H11BrClFO. The second kappa shape index (κ2) is 5.72. The summed E-state index contributed by atoms with van der Waals surface area (Å²) >= 11 is 9.80. The number of halogens is 3. The second-order valence-electron chi connectivity index (χ2n) is 3.78. The van der Waals surface area contributed by atoms with Crippen LogP contribution < -0.4 is 4.74 Å². The van der Waals surface area contributed by atoms with Gasteiger partial charge in [-0.15, -0.1) is 11.6 Å². The van der Waals surface area contributed by atoms with Crippen LogP contribution in [0, 0.1) is 5.82 Å². The van der Waals surface area contributed by atoms with Crippen LogP contribution in [-0.4, -0.2) is 7.11 Å². The second-order valence-corrected chi connectivity index (χ2v) is 5.07. The summed E-state index contributed by atoms with van der Waals surface area (Å²) in [5.74, 6) is -0.192. The van der Waals surface area contributed by atoms with Crippen molar-refractivity contribution in [2.75, 3.05) is 7.11 Å². The average molecular weight is 330 g/mol. The summed E-state index contributed by atoms with van der Waals surface area (Å²) in [6.45, 7) is 0. The highest BCUT2D eigenvalue weighted by atomic mass is 79.9. The molecule has 2 aromatic rings. The number of benzene rings is 2. The maximum Gasteiger partial charge on any atom is 0.165 e. The first-order valence-electron chi connectivity index (χ1n) is 5.35. The molecule has 0 N–H and O–H groups in total. The third-order valence-electron chi connectivity index (χ3n) is 2.65. The van der Waals surface area contributed by atoms with Crippen molar-refractivity contribution in [1.29, 1.82) is 0 Å². The molecule has 0 aliphatic heterocycles. The Kier molecular flexibility index (Phi) is 4.25. The van der Waals surface area contributed by atoms with Crippen molar-refractivity contribution in [3.63, 3.8) is 0 Å². The number of rotatable bonds is 3. The molecule has 0 saturated carbocycles. The molecule has 2 rings (SSSR count). The van der Waals surface area contributed by atoms with E-state index in [0.29, 0.717) is 5.56 Å². The molecule has 2 aromatic carbocycles. The van der Waals surface area contributed by atoms with Crippen molar-refractivity contribution in [3.05, 3.63) is 63.9 Å². The molecule has 0 aliphatic carbocycles. The van der Waals surface area contributed by atoms with Crippen LogP contribution in [-0.2, 0) is 0 Å². The highest BCUT2D eigenvalue weighted by molar-refractivity contribution is 9.10. The summed E-state index contributed by atoms with van der Waals surface area (Å²) in [6.07, 6.45) is 0. The molecule has 0 bridgehead atoms. The van der Waals surface area contributed by atoms with Crippen molar-refractivity contribution in [2.45, 2.75) is 5.38 Å². The summed E-state index contributed by atoms with van der Waals surface area (Å²) in [5.41, 5.74) is 1.60. The SMILES string of the molecule is COc1ccc(C(Cl)c2ccccc2Br)cc1F. The van der Waals surface area contributed by atoms with Crippen LogP contribution in [0.15, 0.2) is 46.9 Å². The highest BCUT2D eigenvalue weighted by Gasteiger charge is 2.15. The summed E-state index contributed by atoms with van der Waals surface area (Å²) in [7, 11) is 1.43. The van der Waals surface area contributed by atoms with E-state index < -0.39 is 11.2 Å². The molecule has 1 unspecified atom stereocenters. The maximum absolute atomic E-state index is 13.6. The smallest absolute Gasteiger partial charge is 0.165 e. The molecular weight excluding hydrogens is 319 g/mol. The third kappa shape index (κ3) is 2.68. The Bertz CT molecular complexity index is 559. The number of hydrogen-bond donors (Lipinski definition) is 0. The molecule has 0 amide bonds. The molecule has 0 fully saturated rings. The zero-order valence-corrected chi connectivity index (χ0v) is 12.0. The van der Waals surface area contributed by atoms with Crippen molar-refractivity contribution in [3.8, 4) is 5.75 Å². The zero-order chi connectivity index (χ0) is 13.1. The van der Waals surface area contributed by atoms with Crippen LogP contribution in [0.1, 0.15) is 16.5 Å². The molecule has 4 heteroatoms. The topological polar surface area (TPSA) is 9.23 Å². The molecule has 94 valence electrons. The minimum atomic E-state index is -0.410. The third-order valence-corrected chi connectivity index (χ3v) is 3.86. The van der Waals surface area contributed by atoms with E-state index in [1.807, 2.05) is 24.3 Å². The van der Waals surface area contributed by atoms with Gasteiger partial charge in [0.2, 0.25) is 0 Å². The number of ether oxygens (including phenoxy) is 1. The molecule has 1 nitrogen and oxygen atoms in total. The summed E-state index contributed by atoms with van der Waals surface area (Å²) in [4.78, 5) is 0. The van der Waals surface area contributed by atoms with Crippen LogP contribution in [0.25, 0.3) is 0 Å². The molecule has 1 atom stereocenters. The van der Waals surface area contributed by atoms with Gasteiger partial charge in [-0.2, -0.15) is 0 Å². The van der Waals surface area contributed by atoms with Gasteiger partial charge >= 0.3 is 0 Å². The van der Waals surface area contributed by atoms with E-state index in [1.54, 1.807) is 12.1 Å². The minimum Gasteiger partial charge on any atom is -0.494 e. The van der Waals surface area contributed by atoms with Crippen LogP contribution in [0.2, 0.25) is 0 Å². The van der Waals surface area contributed by atoms with Gasteiger partial charge in [-0.05, 0) is 29.3 Å². The zero-order valence-electron chi connectivity index (χ0n) is 9.66. The van der Waals surface area contributed by atoms with E-state index in [0.717, 1.165) is 10.0 Å². The predicted octanol–water partition coefficient (Wildman–Crippen LogP) is 4.93. The van der Waals surface area contributed by atoms with Crippen LogP contribution >= 0.6 is 27.5 Å². The molecule has 0 radical (unpaired) electrons. The lowest BCUT2D eigenvalue weighted by atomic mass is 10.0. The van der Waals surface area contributed by atoms with E-state index in [-0.39, 0.29) is 5.75 Å². The van der Waals surface area contributed by atoms with Gasteiger partial charge in [-0.1, -0.05) is 40.2 Å². The summed E-state index contributed by atoms with van der Waals surface area (Å²) in [6, 6.07) is 12.4. The largest absolute Gasteiger partial charge is 0.494 e. The van der Waals surface area contributed by atoms with Crippen LogP contribution in [0.4, 0.5) is 4.39 Å². The fourth-order valence-corrected chi connectivity index (χ4v) is 2.67. The quantitative estimate of drug-likeness (QED) is 0.726. The van der Waals surface area contributed by atoms with Crippen molar-refractivity contribution >= 4 is 27.5 Å². The maximum atomic E-state index is 13.6. The Hall–Kier alpha value is -1.06. The Labute approximate surface area is 119 Å². The predicted molar refractivity (Wildman–Crippen MR) is 74.8 cm³/mol. The number of methoxy groups -OCH3 is 1. The Morgan fingerprint density at radius 1 is 1.22 bits per heavy atom. The Morgan fingerprint density at radius 2 is 1.94 bits per heavy atom. The molecule has 0 spiro atoms. The minimum absolute atomic E-state index is 0.217. The van der Waals surface area contributed by atoms with Gasteiger partial charge in [-0.3, -0.25) is 0 Å². The first-order valence-corrected chi connectivity index (χ1v) is 6.58. The first kappa shape index (κ1) is 13.4. The van der Waals surface area contributed by atoms with Gasteiger partial charge < -0.3 is 4.74 Å². The highest BCUT2D eigenvalue weighted by Crippen LogP contribution is 2.34. The van der Waals surface area contributed by atoms with Gasteiger partial charge in [0.15, 0.2) is 11.6 Å². The first-order chi connectivity index (χ1) is 8.63. The van der Waals surface area contributed by atoms with Gasteiger partial charge in [0.1, 0.15) is 0 Å².